The Morgan fingerprint density at radius 1 is 1.21 bits per heavy atom. The number of rotatable bonds is 6. The third-order valence-electron chi connectivity index (χ3n) is 5.00. The average Bonchev–Trinajstić information content (AvgIpc) is 3.44. The number of hydrogen-bond donors (Lipinski definition) is 1. The molecule has 9 heteroatoms. The molecular weight excluding hydrogens is 400 g/mol. The van der Waals surface area contributed by atoms with Gasteiger partial charge in [-0.15, -0.1) is 11.3 Å². The molecule has 1 aliphatic carbocycles. The predicted molar refractivity (Wildman–Crippen MR) is 107 cm³/mol. The molecule has 2 aromatic rings. The second-order valence-corrected chi connectivity index (χ2v) is 10.0. The van der Waals surface area contributed by atoms with Crippen molar-refractivity contribution >= 4 is 33.0 Å². The van der Waals surface area contributed by atoms with E-state index in [4.69, 9.17) is 9.47 Å². The molecule has 1 amide bonds. The molecule has 2 aliphatic rings. The smallest absolute Gasteiger partial charge is 0.271 e. The highest BCUT2D eigenvalue weighted by molar-refractivity contribution is 7.94. The molecule has 0 radical (unpaired) electrons. The van der Waals surface area contributed by atoms with Crippen LogP contribution in [0.4, 0.5) is 5.69 Å². The molecule has 150 valence electrons. The lowest BCUT2D eigenvalue weighted by Crippen LogP contribution is -2.36. The summed E-state index contributed by atoms with van der Waals surface area (Å²) < 4.78 is 39.2. The van der Waals surface area contributed by atoms with E-state index >= 15 is 0 Å². The van der Waals surface area contributed by atoms with E-state index in [1.165, 1.54) is 25.6 Å². The van der Waals surface area contributed by atoms with Crippen molar-refractivity contribution in [3.05, 3.63) is 34.7 Å². The molecule has 1 aromatic carbocycles. The minimum atomic E-state index is -3.78. The normalized spacial score (nSPS) is 16.4. The Bertz CT molecular complexity index is 1010. The molecule has 1 saturated carbocycles. The standard InChI is InChI=1S/C19H22N2O5S2/c1-25-14-5-6-16(26-2)15(10-14)20-28(23,24)18-9-13-11-21(8-7-17(13)27-18)19(22)12-3-4-12/h5-6,9-10,12,20H,3-4,7-8,11H2,1-2H3. The van der Waals surface area contributed by atoms with E-state index in [9.17, 15) is 13.2 Å². The molecule has 0 bridgehead atoms. The number of hydrogen-bond acceptors (Lipinski definition) is 6. The zero-order chi connectivity index (χ0) is 19.9. The highest BCUT2D eigenvalue weighted by Crippen LogP contribution is 2.37. The van der Waals surface area contributed by atoms with Crippen molar-refractivity contribution < 1.29 is 22.7 Å². The Morgan fingerprint density at radius 2 is 2.00 bits per heavy atom. The molecule has 4 rings (SSSR count). The van der Waals surface area contributed by atoms with Crippen molar-refractivity contribution in [1.29, 1.82) is 0 Å². The number of fused-ring (bicyclic) bond motifs is 1. The van der Waals surface area contributed by atoms with Gasteiger partial charge in [-0.1, -0.05) is 0 Å². The van der Waals surface area contributed by atoms with E-state index in [1.807, 2.05) is 4.90 Å². The number of methoxy groups -OCH3 is 2. The van der Waals surface area contributed by atoms with Crippen molar-refractivity contribution in [1.82, 2.24) is 4.90 Å². The molecule has 0 unspecified atom stereocenters. The summed E-state index contributed by atoms with van der Waals surface area (Å²) in [6.45, 7) is 1.14. The van der Waals surface area contributed by atoms with Crippen LogP contribution >= 0.6 is 11.3 Å². The van der Waals surface area contributed by atoms with Gasteiger partial charge in [0, 0.05) is 30.0 Å². The lowest BCUT2D eigenvalue weighted by molar-refractivity contribution is -0.133. The number of carbonyl (C=O) groups excluding carboxylic acids is 1. The number of ether oxygens (including phenoxy) is 2. The molecule has 0 spiro atoms. The van der Waals surface area contributed by atoms with E-state index in [1.54, 1.807) is 24.3 Å². The van der Waals surface area contributed by atoms with E-state index < -0.39 is 10.0 Å². The number of anilines is 1. The molecule has 1 aromatic heterocycles. The van der Waals surface area contributed by atoms with Crippen LogP contribution in [0.15, 0.2) is 28.5 Å². The first-order valence-electron chi connectivity index (χ1n) is 9.06. The average molecular weight is 423 g/mol. The van der Waals surface area contributed by atoms with Gasteiger partial charge >= 0.3 is 0 Å². The van der Waals surface area contributed by atoms with Crippen molar-refractivity contribution in [2.24, 2.45) is 5.92 Å². The van der Waals surface area contributed by atoms with Gasteiger partial charge in [-0.05, 0) is 43.0 Å². The summed E-state index contributed by atoms with van der Waals surface area (Å²) in [6, 6.07) is 6.62. The summed E-state index contributed by atoms with van der Waals surface area (Å²) in [4.78, 5) is 15.2. The summed E-state index contributed by atoms with van der Waals surface area (Å²) in [5, 5.41) is 0. The molecule has 1 fully saturated rings. The van der Waals surface area contributed by atoms with Crippen LogP contribution in [0.1, 0.15) is 23.3 Å². The maximum absolute atomic E-state index is 12.9. The quantitative estimate of drug-likeness (QED) is 0.774. The fourth-order valence-electron chi connectivity index (χ4n) is 3.30. The molecule has 28 heavy (non-hydrogen) atoms. The predicted octanol–water partition coefficient (Wildman–Crippen LogP) is 2.86. The first-order chi connectivity index (χ1) is 13.4. The molecule has 0 atom stereocenters. The highest BCUT2D eigenvalue weighted by atomic mass is 32.2. The number of nitrogens with one attached hydrogen (secondary N) is 1. The van der Waals surface area contributed by atoms with E-state index in [0.29, 0.717) is 36.7 Å². The fourth-order valence-corrected chi connectivity index (χ4v) is 5.91. The highest BCUT2D eigenvalue weighted by Gasteiger charge is 2.35. The number of carbonyl (C=O) groups is 1. The lowest BCUT2D eigenvalue weighted by atomic mass is 10.1. The van der Waals surface area contributed by atoms with Crippen LogP contribution in [0.5, 0.6) is 11.5 Å². The molecule has 1 N–H and O–H groups in total. The maximum atomic E-state index is 12.9. The van der Waals surface area contributed by atoms with Gasteiger partial charge in [0.1, 0.15) is 15.7 Å². The third kappa shape index (κ3) is 3.68. The summed E-state index contributed by atoms with van der Waals surface area (Å²) >= 11 is 1.26. The number of amides is 1. The van der Waals surface area contributed by atoms with Gasteiger partial charge in [-0.2, -0.15) is 0 Å². The first kappa shape index (κ1) is 19.1. The first-order valence-corrected chi connectivity index (χ1v) is 11.4. The minimum absolute atomic E-state index is 0.172. The van der Waals surface area contributed by atoms with Gasteiger partial charge in [-0.25, -0.2) is 8.42 Å². The van der Waals surface area contributed by atoms with Crippen molar-refractivity contribution in [2.45, 2.75) is 30.0 Å². The van der Waals surface area contributed by atoms with Gasteiger partial charge in [0.2, 0.25) is 5.91 Å². The zero-order valence-corrected chi connectivity index (χ0v) is 17.4. The SMILES string of the molecule is COc1ccc(OC)c(NS(=O)(=O)c2cc3c(s2)CCN(C(=O)C2CC2)C3)c1. The van der Waals surface area contributed by atoms with Gasteiger partial charge in [0.15, 0.2) is 0 Å². The second-order valence-electron chi connectivity index (χ2n) is 6.97. The lowest BCUT2D eigenvalue weighted by Gasteiger charge is -2.26. The molecule has 0 saturated heterocycles. The van der Waals surface area contributed by atoms with Crippen molar-refractivity contribution in [3.8, 4) is 11.5 Å². The van der Waals surface area contributed by atoms with Crippen molar-refractivity contribution in [3.63, 3.8) is 0 Å². The van der Waals surface area contributed by atoms with Gasteiger partial charge in [-0.3, -0.25) is 9.52 Å². The number of nitrogens with zero attached hydrogens (tertiary/aromatic N) is 1. The van der Waals surface area contributed by atoms with Gasteiger partial charge in [0.05, 0.1) is 19.9 Å². The Balaban J connectivity index is 1.57. The van der Waals surface area contributed by atoms with Crippen LogP contribution < -0.4 is 14.2 Å². The van der Waals surface area contributed by atoms with E-state index in [2.05, 4.69) is 4.72 Å². The maximum Gasteiger partial charge on any atom is 0.271 e. The van der Waals surface area contributed by atoms with Crippen LogP contribution in [0.3, 0.4) is 0 Å². The number of benzene rings is 1. The summed E-state index contributed by atoms with van der Waals surface area (Å²) in [5.74, 6) is 1.30. The molecule has 7 nitrogen and oxygen atoms in total. The Hall–Kier alpha value is -2.26. The molecular formula is C19H22N2O5S2. The second kappa shape index (κ2) is 7.29. The number of thiophene rings is 1. The van der Waals surface area contributed by atoms with Crippen LogP contribution in [0, 0.1) is 5.92 Å². The summed E-state index contributed by atoms with van der Waals surface area (Å²) in [5.41, 5.74) is 1.24. The van der Waals surface area contributed by atoms with Crippen molar-refractivity contribution in [2.75, 3.05) is 25.5 Å². The van der Waals surface area contributed by atoms with Crippen LogP contribution in [0.2, 0.25) is 0 Å². The summed E-state index contributed by atoms with van der Waals surface area (Å²) in [7, 11) is -0.780. The van der Waals surface area contributed by atoms with Crippen LogP contribution in [-0.4, -0.2) is 40.0 Å². The number of sulfonamides is 1. The minimum Gasteiger partial charge on any atom is -0.497 e. The molecule has 2 heterocycles. The van der Waals surface area contributed by atoms with Gasteiger partial charge < -0.3 is 14.4 Å². The van der Waals surface area contributed by atoms with Crippen LogP contribution in [-0.2, 0) is 27.8 Å². The molecule has 1 aliphatic heterocycles. The summed E-state index contributed by atoms with van der Waals surface area (Å²) in [6.07, 6.45) is 2.63. The Labute approximate surface area is 168 Å². The third-order valence-corrected chi connectivity index (χ3v) is 8.07. The van der Waals surface area contributed by atoms with E-state index in [-0.39, 0.29) is 16.0 Å². The fraction of sp³-hybridized carbons (Fsp3) is 0.421. The monoisotopic (exact) mass is 422 g/mol. The topological polar surface area (TPSA) is 84.9 Å². The van der Waals surface area contributed by atoms with E-state index in [0.717, 1.165) is 23.3 Å². The van der Waals surface area contributed by atoms with Crippen LogP contribution in [0.25, 0.3) is 0 Å². The zero-order valence-electron chi connectivity index (χ0n) is 15.7. The Morgan fingerprint density at radius 3 is 2.68 bits per heavy atom. The Kier molecular flexibility index (Phi) is 4.96. The largest absolute Gasteiger partial charge is 0.497 e. The van der Waals surface area contributed by atoms with Gasteiger partial charge in [0.25, 0.3) is 10.0 Å².